The van der Waals surface area contributed by atoms with Gasteiger partial charge in [0.1, 0.15) is 11.4 Å². The van der Waals surface area contributed by atoms with Crippen LogP contribution in [0.3, 0.4) is 0 Å². The second-order valence-electron chi connectivity index (χ2n) is 7.10. The Labute approximate surface area is 199 Å². The van der Waals surface area contributed by atoms with Crippen LogP contribution in [0.4, 0.5) is 5.69 Å². The van der Waals surface area contributed by atoms with Gasteiger partial charge in [0.05, 0.1) is 36.3 Å². The van der Waals surface area contributed by atoms with Gasteiger partial charge in [-0.1, -0.05) is 29.4 Å². The van der Waals surface area contributed by atoms with Crippen LogP contribution in [0.25, 0.3) is 6.08 Å². The number of hydrogen-bond donors (Lipinski definition) is 0. The zero-order valence-corrected chi connectivity index (χ0v) is 20.0. The Balaban J connectivity index is 1.64. The van der Waals surface area contributed by atoms with Crippen molar-refractivity contribution in [2.24, 2.45) is 4.99 Å². The molecule has 1 fully saturated rings. The van der Waals surface area contributed by atoms with Crippen molar-refractivity contribution >= 4 is 63.4 Å². The summed E-state index contributed by atoms with van der Waals surface area (Å²) >= 11 is 9.10. The quantitative estimate of drug-likeness (QED) is 0.588. The van der Waals surface area contributed by atoms with Gasteiger partial charge in [0.15, 0.2) is 5.17 Å². The molecule has 3 heterocycles. The lowest BCUT2D eigenvalue weighted by Crippen LogP contribution is -2.44. The molecular weight excluding hydrogens is 470 g/mol. The summed E-state index contributed by atoms with van der Waals surface area (Å²) in [4.78, 5) is 35.0. The standard InChI is InChI=1S/C22H22ClN3O4S2/c1-14(20(27)25-7-9-30-10-8-25)32-22-24-18(13-16-4-3-11-31-16)21(28)26(22)15-5-6-19(29-2)17(23)12-15/h3-6,11-14H,7-10H2,1-2H3/b18-13+/t14-/m1/s1. The van der Waals surface area contributed by atoms with Crippen LogP contribution >= 0.6 is 34.7 Å². The Hall–Kier alpha value is -2.33. The highest BCUT2D eigenvalue weighted by Gasteiger charge is 2.35. The number of methoxy groups -OCH3 is 1. The Morgan fingerprint density at radius 3 is 2.78 bits per heavy atom. The number of aliphatic imine (C=N–C) groups is 1. The van der Waals surface area contributed by atoms with Crippen molar-refractivity contribution < 1.29 is 19.1 Å². The fraction of sp³-hybridized carbons (Fsp3) is 0.318. The topological polar surface area (TPSA) is 71.4 Å². The molecule has 0 spiro atoms. The molecule has 1 atom stereocenters. The normalized spacial score (nSPS) is 18.8. The number of nitrogens with zero attached hydrogens (tertiary/aromatic N) is 3. The van der Waals surface area contributed by atoms with E-state index in [1.165, 1.54) is 35.1 Å². The van der Waals surface area contributed by atoms with E-state index in [4.69, 9.17) is 21.1 Å². The van der Waals surface area contributed by atoms with E-state index in [0.29, 0.717) is 53.6 Å². The maximum absolute atomic E-state index is 13.3. The first-order chi connectivity index (χ1) is 15.5. The van der Waals surface area contributed by atoms with Crippen molar-refractivity contribution in [2.45, 2.75) is 12.2 Å². The van der Waals surface area contributed by atoms with Crippen molar-refractivity contribution in [1.29, 1.82) is 0 Å². The first-order valence-electron chi connectivity index (χ1n) is 10.0. The number of halogens is 1. The molecule has 10 heteroatoms. The number of ether oxygens (including phenoxy) is 2. The highest BCUT2D eigenvalue weighted by Crippen LogP contribution is 2.35. The van der Waals surface area contributed by atoms with E-state index in [0.717, 1.165) is 4.88 Å². The summed E-state index contributed by atoms with van der Waals surface area (Å²) in [6.45, 7) is 4.03. The third-order valence-corrected chi connectivity index (χ3v) is 7.15. The zero-order valence-electron chi connectivity index (χ0n) is 17.6. The van der Waals surface area contributed by atoms with Gasteiger partial charge < -0.3 is 14.4 Å². The summed E-state index contributed by atoms with van der Waals surface area (Å²) in [5.41, 5.74) is 0.876. The van der Waals surface area contributed by atoms with Crippen molar-refractivity contribution in [1.82, 2.24) is 4.90 Å². The Bertz CT molecular complexity index is 1070. The molecule has 0 aliphatic carbocycles. The van der Waals surface area contributed by atoms with Crippen LogP contribution in [0, 0.1) is 0 Å². The Kier molecular flexibility index (Phi) is 7.20. The molecule has 1 aromatic heterocycles. The number of carbonyl (C=O) groups excluding carboxylic acids is 2. The lowest BCUT2D eigenvalue weighted by atomic mass is 10.2. The first-order valence-corrected chi connectivity index (χ1v) is 12.2. The molecule has 0 saturated carbocycles. The molecule has 2 aliphatic rings. The van der Waals surface area contributed by atoms with E-state index in [1.54, 1.807) is 29.2 Å². The van der Waals surface area contributed by atoms with Crippen molar-refractivity contribution in [3.05, 3.63) is 51.3 Å². The number of carbonyl (C=O) groups is 2. The SMILES string of the molecule is COc1ccc(N2C(=O)/C(=C\c3cccs3)N=C2S[C@H](C)C(=O)N2CCOCC2)cc1Cl. The van der Waals surface area contributed by atoms with E-state index in [1.807, 2.05) is 24.4 Å². The number of thiophene rings is 1. The largest absolute Gasteiger partial charge is 0.495 e. The molecule has 0 N–H and O–H groups in total. The Morgan fingerprint density at radius 2 is 2.12 bits per heavy atom. The second-order valence-corrected chi connectivity index (χ2v) is 9.79. The van der Waals surface area contributed by atoms with E-state index < -0.39 is 5.25 Å². The molecule has 1 aromatic carbocycles. The monoisotopic (exact) mass is 491 g/mol. The fourth-order valence-corrected chi connectivity index (χ4v) is 5.27. The van der Waals surface area contributed by atoms with Gasteiger partial charge in [0.2, 0.25) is 5.91 Å². The molecule has 0 bridgehead atoms. The smallest absolute Gasteiger partial charge is 0.283 e. The lowest BCUT2D eigenvalue weighted by molar-refractivity contribution is -0.134. The molecular formula is C22H22ClN3O4S2. The van der Waals surface area contributed by atoms with E-state index in [2.05, 4.69) is 4.99 Å². The van der Waals surface area contributed by atoms with Crippen LogP contribution < -0.4 is 9.64 Å². The number of rotatable bonds is 5. The van der Waals surface area contributed by atoms with E-state index in [9.17, 15) is 9.59 Å². The maximum atomic E-state index is 13.3. The maximum Gasteiger partial charge on any atom is 0.283 e. The number of benzene rings is 1. The summed E-state index contributed by atoms with van der Waals surface area (Å²) in [6.07, 6.45) is 1.76. The van der Waals surface area contributed by atoms with Crippen LogP contribution in [-0.2, 0) is 14.3 Å². The average Bonchev–Trinajstić information content (AvgIpc) is 3.42. The molecule has 32 heavy (non-hydrogen) atoms. The molecule has 4 rings (SSSR count). The van der Waals surface area contributed by atoms with Crippen LogP contribution in [0.5, 0.6) is 5.75 Å². The van der Waals surface area contributed by atoms with Crippen LogP contribution in [0.2, 0.25) is 5.02 Å². The van der Waals surface area contributed by atoms with Gasteiger partial charge in [0.25, 0.3) is 5.91 Å². The van der Waals surface area contributed by atoms with E-state index >= 15 is 0 Å². The minimum Gasteiger partial charge on any atom is -0.495 e. The highest BCUT2D eigenvalue weighted by atomic mass is 35.5. The summed E-state index contributed by atoms with van der Waals surface area (Å²) in [5.74, 6) is 0.239. The number of anilines is 1. The van der Waals surface area contributed by atoms with Gasteiger partial charge >= 0.3 is 0 Å². The third kappa shape index (κ3) is 4.85. The number of morpholine rings is 1. The number of amides is 2. The average molecular weight is 492 g/mol. The number of amidine groups is 1. The third-order valence-electron chi connectivity index (χ3n) is 5.00. The summed E-state index contributed by atoms with van der Waals surface area (Å²) in [6, 6.07) is 8.96. The second kappa shape index (κ2) is 10.1. The molecule has 168 valence electrons. The Morgan fingerprint density at radius 1 is 1.34 bits per heavy atom. The molecule has 2 aliphatic heterocycles. The molecule has 2 amide bonds. The molecule has 1 saturated heterocycles. The highest BCUT2D eigenvalue weighted by molar-refractivity contribution is 8.15. The van der Waals surface area contributed by atoms with Crippen LogP contribution in [0.1, 0.15) is 11.8 Å². The summed E-state index contributed by atoms with van der Waals surface area (Å²) in [5, 5.41) is 2.34. The summed E-state index contributed by atoms with van der Waals surface area (Å²) < 4.78 is 10.6. The zero-order chi connectivity index (χ0) is 22.7. The minimum absolute atomic E-state index is 0.00292. The lowest BCUT2D eigenvalue weighted by Gasteiger charge is -2.29. The molecule has 2 aromatic rings. The predicted octanol–water partition coefficient (Wildman–Crippen LogP) is 4.13. The molecule has 0 radical (unpaired) electrons. The van der Waals surface area contributed by atoms with Crippen molar-refractivity contribution in [3.8, 4) is 5.75 Å². The minimum atomic E-state index is -0.419. The molecule has 7 nitrogen and oxygen atoms in total. The summed E-state index contributed by atoms with van der Waals surface area (Å²) in [7, 11) is 1.53. The van der Waals surface area contributed by atoms with Gasteiger partial charge in [-0.25, -0.2) is 4.99 Å². The van der Waals surface area contributed by atoms with Gasteiger partial charge in [-0.05, 0) is 42.6 Å². The van der Waals surface area contributed by atoms with Crippen LogP contribution in [-0.4, -0.2) is 60.5 Å². The van der Waals surface area contributed by atoms with Crippen molar-refractivity contribution in [3.63, 3.8) is 0 Å². The van der Waals surface area contributed by atoms with Crippen molar-refractivity contribution in [2.75, 3.05) is 38.3 Å². The van der Waals surface area contributed by atoms with Crippen LogP contribution in [0.15, 0.2) is 46.4 Å². The van der Waals surface area contributed by atoms with Gasteiger partial charge in [0, 0.05) is 18.0 Å². The van der Waals surface area contributed by atoms with Gasteiger partial charge in [-0.3, -0.25) is 14.5 Å². The molecule has 0 unspecified atom stereocenters. The van der Waals surface area contributed by atoms with Gasteiger partial charge in [-0.15, -0.1) is 11.3 Å². The van der Waals surface area contributed by atoms with E-state index in [-0.39, 0.29) is 11.8 Å². The number of hydrogen-bond acceptors (Lipinski definition) is 7. The van der Waals surface area contributed by atoms with Gasteiger partial charge in [-0.2, -0.15) is 0 Å². The number of thioether (sulfide) groups is 1. The predicted molar refractivity (Wildman–Crippen MR) is 130 cm³/mol. The first kappa shape index (κ1) is 22.8. The fourth-order valence-electron chi connectivity index (χ4n) is 3.35.